The number of carbonyl (C=O) groups is 1. The molecule has 0 bridgehead atoms. The van der Waals surface area contributed by atoms with Gasteiger partial charge in [-0.1, -0.05) is 6.92 Å². The van der Waals surface area contributed by atoms with Crippen LogP contribution < -0.4 is 10.2 Å². The van der Waals surface area contributed by atoms with E-state index in [0.29, 0.717) is 45.7 Å². The van der Waals surface area contributed by atoms with E-state index in [1.165, 1.54) is 6.20 Å². The molecule has 4 aromatic heterocycles. The van der Waals surface area contributed by atoms with Gasteiger partial charge in [-0.25, -0.2) is 14.4 Å². The number of nitrogens with zero attached hydrogens (tertiary/aromatic N) is 6. The second-order valence-electron chi connectivity index (χ2n) is 9.19. The Kier molecular flexibility index (Phi) is 5.76. The number of hydrogen-bond donors (Lipinski definition) is 3. The fourth-order valence-electron chi connectivity index (χ4n) is 4.66. The van der Waals surface area contributed by atoms with Crippen LogP contribution in [0.2, 0.25) is 0 Å². The lowest BCUT2D eigenvalue weighted by Crippen LogP contribution is -2.44. The molecule has 0 unspecified atom stereocenters. The van der Waals surface area contributed by atoms with Crippen LogP contribution in [0.3, 0.4) is 0 Å². The largest absolute Gasteiger partial charge is 0.352 e. The number of nitrogens with one attached hydrogen (secondary N) is 3. The van der Waals surface area contributed by atoms with Crippen LogP contribution in [0.1, 0.15) is 13.3 Å². The number of anilines is 2. The number of rotatable bonds is 5. The van der Waals surface area contributed by atoms with Gasteiger partial charge in [-0.2, -0.15) is 5.10 Å². The zero-order valence-corrected chi connectivity index (χ0v) is 20.5. The number of hydrogen-bond acceptors (Lipinski definition) is 7. The highest BCUT2D eigenvalue weighted by Gasteiger charge is 2.23. The first-order valence-corrected chi connectivity index (χ1v) is 12.2. The first-order chi connectivity index (χ1) is 18.0. The van der Waals surface area contributed by atoms with E-state index in [1.54, 1.807) is 37.5 Å². The minimum absolute atomic E-state index is 0.137. The first-order valence-electron chi connectivity index (χ1n) is 12.2. The van der Waals surface area contributed by atoms with Crippen molar-refractivity contribution in [3.63, 3.8) is 0 Å². The van der Waals surface area contributed by atoms with Crippen molar-refractivity contribution in [1.29, 1.82) is 0 Å². The van der Waals surface area contributed by atoms with Crippen LogP contribution >= 0.6 is 0 Å². The zero-order valence-electron chi connectivity index (χ0n) is 20.5. The summed E-state index contributed by atoms with van der Waals surface area (Å²) < 4.78 is 16.0. The number of imidazole rings is 1. The van der Waals surface area contributed by atoms with Crippen molar-refractivity contribution in [3.05, 3.63) is 48.7 Å². The Hall–Kier alpha value is -4.38. The normalized spacial score (nSPS) is 14.5. The third-order valence-electron chi connectivity index (χ3n) is 6.73. The smallest absolute Gasteiger partial charge is 0.224 e. The first kappa shape index (κ1) is 23.0. The number of fused-ring (bicyclic) bond motifs is 2. The summed E-state index contributed by atoms with van der Waals surface area (Å²) in [5.41, 5.74) is 3.90. The van der Waals surface area contributed by atoms with Gasteiger partial charge in [-0.05, 0) is 31.3 Å². The van der Waals surface area contributed by atoms with Gasteiger partial charge >= 0.3 is 0 Å². The SMILES string of the molecule is CCC(=O)Nc1cncc(-c2ccc3[nH]nc(-c4nc5c(N6CCN(C)CC6)nccc5[nH]4)c3c2F)c1. The summed E-state index contributed by atoms with van der Waals surface area (Å²) in [5.74, 6) is 0.691. The highest BCUT2D eigenvalue weighted by atomic mass is 19.1. The van der Waals surface area contributed by atoms with Crippen LogP contribution in [0.15, 0.2) is 42.9 Å². The van der Waals surface area contributed by atoms with Crippen LogP contribution in [0.5, 0.6) is 0 Å². The molecule has 6 rings (SSSR count). The van der Waals surface area contributed by atoms with Crippen molar-refractivity contribution in [1.82, 2.24) is 35.0 Å². The summed E-state index contributed by atoms with van der Waals surface area (Å²) in [6, 6.07) is 7.03. The van der Waals surface area contributed by atoms with Crippen molar-refractivity contribution in [2.24, 2.45) is 0 Å². The van der Waals surface area contributed by atoms with Crippen LogP contribution in [0.4, 0.5) is 15.9 Å². The van der Waals surface area contributed by atoms with E-state index >= 15 is 4.39 Å². The molecule has 1 aliphatic heterocycles. The van der Waals surface area contributed by atoms with Gasteiger partial charge in [0.15, 0.2) is 11.6 Å². The summed E-state index contributed by atoms with van der Waals surface area (Å²) in [6.07, 6.45) is 5.21. The Morgan fingerprint density at radius 3 is 2.78 bits per heavy atom. The van der Waals surface area contributed by atoms with Gasteiger partial charge in [0.2, 0.25) is 5.91 Å². The molecule has 1 aliphatic rings. The summed E-state index contributed by atoms with van der Waals surface area (Å²) in [7, 11) is 2.11. The number of aromatic amines is 2. The monoisotopic (exact) mass is 499 g/mol. The predicted octanol–water partition coefficient (Wildman–Crippen LogP) is 3.80. The van der Waals surface area contributed by atoms with Crippen LogP contribution in [-0.2, 0) is 4.79 Å². The molecule has 188 valence electrons. The van der Waals surface area contributed by atoms with E-state index < -0.39 is 5.82 Å². The Morgan fingerprint density at radius 1 is 1.14 bits per heavy atom. The Morgan fingerprint density at radius 2 is 1.97 bits per heavy atom. The van der Waals surface area contributed by atoms with Crippen LogP contribution in [-0.4, -0.2) is 74.2 Å². The summed E-state index contributed by atoms with van der Waals surface area (Å²) in [5, 5.41) is 10.4. The van der Waals surface area contributed by atoms with Gasteiger partial charge in [0.25, 0.3) is 0 Å². The highest BCUT2D eigenvalue weighted by Crippen LogP contribution is 2.35. The van der Waals surface area contributed by atoms with Crippen molar-refractivity contribution in [2.45, 2.75) is 13.3 Å². The zero-order chi connectivity index (χ0) is 25.5. The van der Waals surface area contributed by atoms with Crippen molar-refractivity contribution in [3.8, 4) is 22.6 Å². The number of piperazine rings is 1. The lowest BCUT2D eigenvalue weighted by atomic mass is 10.0. The van der Waals surface area contributed by atoms with Gasteiger partial charge in [-0.15, -0.1) is 0 Å². The fraction of sp³-hybridized carbons (Fsp3) is 0.269. The lowest BCUT2D eigenvalue weighted by molar-refractivity contribution is -0.115. The molecule has 5 heterocycles. The Bertz CT molecular complexity index is 1620. The van der Waals surface area contributed by atoms with E-state index in [9.17, 15) is 4.79 Å². The van der Waals surface area contributed by atoms with Gasteiger partial charge < -0.3 is 20.1 Å². The Balaban J connectivity index is 1.42. The van der Waals surface area contributed by atoms with E-state index in [1.807, 2.05) is 6.07 Å². The molecule has 37 heavy (non-hydrogen) atoms. The maximum absolute atomic E-state index is 16.0. The third-order valence-corrected chi connectivity index (χ3v) is 6.73. The number of aromatic nitrogens is 6. The summed E-state index contributed by atoms with van der Waals surface area (Å²) in [6.45, 7) is 5.39. The summed E-state index contributed by atoms with van der Waals surface area (Å²) in [4.78, 5) is 33.2. The minimum atomic E-state index is -0.445. The molecule has 10 nitrogen and oxygen atoms in total. The second-order valence-corrected chi connectivity index (χ2v) is 9.19. The van der Waals surface area contributed by atoms with E-state index in [0.717, 1.165) is 43.0 Å². The van der Waals surface area contributed by atoms with Crippen molar-refractivity contribution >= 4 is 39.3 Å². The molecule has 0 atom stereocenters. The van der Waals surface area contributed by atoms with Crippen molar-refractivity contribution < 1.29 is 9.18 Å². The number of halogens is 1. The molecule has 0 aliphatic carbocycles. The van der Waals surface area contributed by atoms with Gasteiger partial charge in [-0.3, -0.25) is 14.9 Å². The molecule has 0 radical (unpaired) electrons. The molecule has 0 saturated carbocycles. The molecule has 0 spiro atoms. The summed E-state index contributed by atoms with van der Waals surface area (Å²) >= 11 is 0. The van der Waals surface area contributed by atoms with E-state index in [4.69, 9.17) is 4.98 Å². The number of H-pyrrole nitrogens is 2. The van der Waals surface area contributed by atoms with Crippen LogP contribution in [0.25, 0.3) is 44.6 Å². The molecule has 1 amide bonds. The molecular weight excluding hydrogens is 473 g/mol. The molecule has 5 aromatic rings. The molecule has 1 aromatic carbocycles. The van der Waals surface area contributed by atoms with Crippen LogP contribution in [0, 0.1) is 5.82 Å². The third kappa shape index (κ3) is 4.16. The topological polar surface area (TPSA) is 119 Å². The fourth-order valence-corrected chi connectivity index (χ4v) is 4.66. The lowest BCUT2D eigenvalue weighted by Gasteiger charge is -2.33. The van der Waals surface area contributed by atoms with E-state index in [-0.39, 0.29) is 5.91 Å². The average Bonchev–Trinajstić information content (AvgIpc) is 3.54. The number of carbonyl (C=O) groups excluding carboxylic acids is 1. The average molecular weight is 500 g/mol. The molecule has 1 fully saturated rings. The minimum Gasteiger partial charge on any atom is -0.352 e. The molecule has 11 heteroatoms. The highest BCUT2D eigenvalue weighted by molar-refractivity contribution is 5.98. The maximum atomic E-state index is 16.0. The quantitative estimate of drug-likeness (QED) is 0.337. The molecular formula is C26H26FN9O. The number of amides is 1. The van der Waals surface area contributed by atoms with Gasteiger partial charge in [0, 0.05) is 56.1 Å². The standard InChI is InChI=1S/C26H26FN9O/c1-3-20(37)30-16-12-15(13-28-14-16)17-4-5-18-21(22(17)27)24(34-33-18)25-31-19-6-7-29-26(23(19)32-25)36-10-8-35(2)9-11-36/h4-7,12-14H,3,8-11H2,1-2H3,(H,30,37)(H,31,32)(H,33,34). The van der Waals surface area contributed by atoms with Gasteiger partial charge in [0.1, 0.15) is 17.0 Å². The van der Waals surface area contributed by atoms with Gasteiger partial charge in [0.05, 0.1) is 28.3 Å². The Labute approximate surface area is 211 Å². The number of likely N-dealkylation sites (N-methyl/N-ethyl adjacent to an activating group) is 1. The number of benzene rings is 1. The predicted molar refractivity (Wildman–Crippen MR) is 141 cm³/mol. The maximum Gasteiger partial charge on any atom is 0.224 e. The molecule has 1 saturated heterocycles. The number of pyridine rings is 2. The second kappa shape index (κ2) is 9.25. The molecule has 3 N–H and O–H groups in total. The van der Waals surface area contributed by atoms with Crippen molar-refractivity contribution in [2.75, 3.05) is 43.4 Å². The van der Waals surface area contributed by atoms with E-state index in [2.05, 4.69) is 47.3 Å².